The zero-order valence-electron chi connectivity index (χ0n) is 11.2. The Morgan fingerprint density at radius 1 is 0.875 bits per heavy atom. The van der Waals surface area contributed by atoms with Crippen molar-refractivity contribution < 1.29 is 5.11 Å². The Balaban J connectivity index is 3.83. The van der Waals surface area contributed by atoms with Crippen molar-refractivity contribution in [2.45, 2.75) is 53.4 Å². The number of hydrogen-bond donors (Lipinski definition) is 1. The van der Waals surface area contributed by atoms with Crippen molar-refractivity contribution in [1.82, 2.24) is 0 Å². The molecule has 0 aliphatic carbocycles. The predicted molar refractivity (Wildman–Crippen MR) is 72.5 cm³/mol. The van der Waals surface area contributed by atoms with Gasteiger partial charge in [-0.3, -0.25) is 0 Å². The molecular weight excluding hydrogens is 196 g/mol. The van der Waals surface area contributed by atoms with Crippen LogP contribution in [0.2, 0.25) is 0 Å². The van der Waals surface area contributed by atoms with E-state index in [-0.39, 0.29) is 6.61 Å². The summed E-state index contributed by atoms with van der Waals surface area (Å²) >= 11 is 0. The largest absolute Gasteiger partial charge is 0.392 e. The van der Waals surface area contributed by atoms with Gasteiger partial charge in [-0.25, -0.2) is 0 Å². The van der Waals surface area contributed by atoms with Crippen LogP contribution in [0.3, 0.4) is 0 Å². The molecule has 0 atom stereocenters. The van der Waals surface area contributed by atoms with Gasteiger partial charge in [0.1, 0.15) is 0 Å². The predicted octanol–water partition coefficient (Wildman–Crippen LogP) is 4.40. The number of rotatable bonds is 7. The summed E-state index contributed by atoms with van der Waals surface area (Å²) in [5.41, 5.74) is 4.21. The molecule has 0 aliphatic heterocycles. The highest BCUT2D eigenvalue weighted by molar-refractivity contribution is 5.06. The third kappa shape index (κ3) is 8.49. The van der Waals surface area contributed by atoms with Gasteiger partial charge in [-0.1, -0.05) is 34.9 Å². The first-order valence-electron chi connectivity index (χ1n) is 6.14. The van der Waals surface area contributed by atoms with Crippen LogP contribution >= 0.6 is 0 Å². The molecule has 0 amide bonds. The van der Waals surface area contributed by atoms with E-state index < -0.39 is 0 Å². The summed E-state index contributed by atoms with van der Waals surface area (Å²) < 4.78 is 0. The Bertz CT molecular complexity index is 269. The molecule has 1 nitrogen and oxygen atoms in total. The normalized spacial score (nSPS) is 14.4. The van der Waals surface area contributed by atoms with E-state index in [0.717, 1.165) is 12.8 Å². The maximum absolute atomic E-state index is 8.72. The molecule has 0 aliphatic rings. The van der Waals surface area contributed by atoms with Crippen molar-refractivity contribution in [3.8, 4) is 0 Å². The molecule has 1 N–H and O–H groups in total. The van der Waals surface area contributed by atoms with Gasteiger partial charge in [-0.2, -0.15) is 0 Å². The molecule has 0 radical (unpaired) electrons. The summed E-state index contributed by atoms with van der Waals surface area (Å²) in [5.74, 6) is 0. The first kappa shape index (κ1) is 15.2. The van der Waals surface area contributed by atoms with Crippen molar-refractivity contribution in [1.29, 1.82) is 0 Å². The molecule has 0 aromatic carbocycles. The Morgan fingerprint density at radius 3 is 2.00 bits per heavy atom. The number of allylic oxidation sites excluding steroid dienone is 5. The maximum atomic E-state index is 8.72. The van der Waals surface area contributed by atoms with Gasteiger partial charge in [0, 0.05) is 0 Å². The Hall–Kier alpha value is -0.820. The van der Waals surface area contributed by atoms with Gasteiger partial charge >= 0.3 is 0 Å². The molecule has 16 heavy (non-hydrogen) atoms. The summed E-state index contributed by atoms with van der Waals surface area (Å²) in [7, 11) is 0. The molecule has 0 heterocycles. The molecule has 0 aromatic heterocycles. The standard InChI is InChI=1S/C15H26O/c1-5-13(2)9-10-14(3)7-6-8-15(4)11-12-16/h5,7,11,16H,6,8-10,12H2,1-4H3/b13-5+,14-7+,15-11+. The fourth-order valence-electron chi connectivity index (χ4n) is 1.44. The van der Waals surface area contributed by atoms with E-state index in [1.165, 1.54) is 29.6 Å². The monoisotopic (exact) mass is 222 g/mol. The average Bonchev–Trinajstić information content (AvgIpc) is 2.26. The number of aliphatic hydroxyl groups excluding tert-OH is 1. The SMILES string of the molecule is C/C=C(\C)CC/C(C)=C/CC/C(C)=C/CO. The lowest BCUT2D eigenvalue weighted by Crippen LogP contribution is -1.83. The Kier molecular flexibility index (Phi) is 8.93. The van der Waals surface area contributed by atoms with E-state index in [4.69, 9.17) is 5.11 Å². The minimum atomic E-state index is 0.162. The van der Waals surface area contributed by atoms with Crippen LogP contribution < -0.4 is 0 Å². The van der Waals surface area contributed by atoms with Crippen LogP contribution in [0.1, 0.15) is 53.4 Å². The molecule has 0 saturated heterocycles. The van der Waals surface area contributed by atoms with Gasteiger partial charge in [-0.15, -0.1) is 0 Å². The van der Waals surface area contributed by atoms with Gasteiger partial charge in [0.15, 0.2) is 0 Å². The topological polar surface area (TPSA) is 20.2 Å². The molecule has 92 valence electrons. The van der Waals surface area contributed by atoms with E-state index in [1.807, 2.05) is 6.08 Å². The second-order valence-electron chi connectivity index (χ2n) is 4.46. The van der Waals surface area contributed by atoms with Crippen molar-refractivity contribution in [3.63, 3.8) is 0 Å². The van der Waals surface area contributed by atoms with Gasteiger partial charge in [-0.05, 0) is 53.4 Å². The Labute approximate surface area is 101 Å². The quantitative estimate of drug-likeness (QED) is 0.633. The summed E-state index contributed by atoms with van der Waals surface area (Å²) in [6, 6.07) is 0. The van der Waals surface area contributed by atoms with Gasteiger partial charge in [0.05, 0.1) is 6.61 Å². The molecule has 0 spiro atoms. The van der Waals surface area contributed by atoms with Crippen molar-refractivity contribution in [2.75, 3.05) is 6.61 Å². The van der Waals surface area contributed by atoms with E-state index in [1.54, 1.807) is 0 Å². The van der Waals surface area contributed by atoms with Crippen LogP contribution in [-0.2, 0) is 0 Å². The van der Waals surface area contributed by atoms with Gasteiger partial charge < -0.3 is 5.11 Å². The van der Waals surface area contributed by atoms with Crippen LogP contribution in [0.4, 0.5) is 0 Å². The lowest BCUT2D eigenvalue weighted by molar-refractivity contribution is 0.341. The van der Waals surface area contributed by atoms with Crippen molar-refractivity contribution in [2.24, 2.45) is 0 Å². The van der Waals surface area contributed by atoms with Crippen LogP contribution in [0.15, 0.2) is 34.9 Å². The summed E-state index contributed by atoms with van der Waals surface area (Å²) in [6.07, 6.45) is 10.9. The van der Waals surface area contributed by atoms with Crippen LogP contribution in [0.5, 0.6) is 0 Å². The summed E-state index contributed by atoms with van der Waals surface area (Å²) in [5, 5.41) is 8.72. The van der Waals surface area contributed by atoms with E-state index >= 15 is 0 Å². The lowest BCUT2D eigenvalue weighted by atomic mass is 10.0. The molecule has 0 aromatic rings. The van der Waals surface area contributed by atoms with Crippen molar-refractivity contribution in [3.05, 3.63) is 34.9 Å². The number of aliphatic hydroxyl groups is 1. The van der Waals surface area contributed by atoms with Gasteiger partial charge in [0.2, 0.25) is 0 Å². The molecule has 0 rings (SSSR count). The zero-order chi connectivity index (χ0) is 12.4. The van der Waals surface area contributed by atoms with Crippen LogP contribution in [0, 0.1) is 0 Å². The van der Waals surface area contributed by atoms with E-state index in [9.17, 15) is 0 Å². The maximum Gasteiger partial charge on any atom is 0.0614 e. The van der Waals surface area contributed by atoms with Crippen LogP contribution in [-0.4, -0.2) is 11.7 Å². The highest BCUT2D eigenvalue weighted by Gasteiger charge is 1.93. The lowest BCUT2D eigenvalue weighted by Gasteiger charge is -2.02. The first-order valence-corrected chi connectivity index (χ1v) is 6.14. The second-order valence-corrected chi connectivity index (χ2v) is 4.46. The van der Waals surface area contributed by atoms with Crippen LogP contribution in [0.25, 0.3) is 0 Å². The van der Waals surface area contributed by atoms with Crippen molar-refractivity contribution >= 4 is 0 Å². The second kappa shape index (κ2) is 9.41. The molecule has 0 fully saturated rings. The molecule has 1 heteroatoms. The minimum Gasteiger partial charge on any atom is -0.392 e. The fraction of sp³-hybridized carbons (Fsp3) is 0.600. The highest BCUT2D eigenvalue weighted by atomic mass is 16.2. The smallest absolute Gasteiger partial charge is 0.0614 e. The fourth-order valence-corrected chi connectivity index (χ4v) is 1.44. The summed E-state index contributed by atoms with van der Waals surface area (Å²) in [6.45, 7) is 8.71. The molecular formula is C15H26O. The third-order valence-corrected chi connectivity index (χ3v) is 2.88. The Morgan fingerprint density at radius 2 is 1.44 bits per heavy atom. The first-order chi connectivity index (χ1) is 7.60. The summed E-state index contributed by atoms with van der Waals surface area (Å²) in [4.78, 5) is 0. The van der Waals surface area contributed by atoms with E-state index in [2.05, 4.69) is 39.8 Å². The minimum absolute atomic E-state index is 0.162. The third-order valence-electron chi connectivity index (χ3n) is 2.88. The highest BCUT2D eigenvalue weighted by Crippen LogP contribution is 2.13. The average molecular weight is 222 g/mol. The van der Waals surface area contributed by atoms with E-state index in [0.29, 0.717) is 0 Å². The zero-order valence-corrected chi connectivity index (χ0v) is 11.2. The van der Waals surface area contributed by atoms with Gasteiger partial charge in [0.25, 0.3) is 0 Å². The molecule has 0 bridgehead atoms. The number of hydrogen-bond acceptors (Lipinski definition) is 1. The molecule has 0 unspecified atom stereocenters. The molecule has 0 saturated carbocycles.